The predicted octanol–water partition coefficient (Wildman–Crippen LogP) is 3.07. The lowest BCUT2D eigenvalue weighted by Gasteiger charge is -2.10. The van der Waals surface area contributed by atoms with Crippen LogP contribution in [0.15, 0.2) is 54.2 Å². The molecule has 2 N–H and O–H groups in total. The van der Waals surface area contributed by atoms with E-state index in [0.29, 0.717) is 17.2 Å². The Morgan fingerprint density at radius 2 is 1.89 bits per heavy atom. The SMILES string of the molecule is COc1ccc(NC(=O)/C(C#N)=C\Nc2ccccc2[N+](=O)[O-])cc1OC. The second kappa shape index (κ2) is 8.87. The first-order valence-corrected chi connectivity index (χ1v) is 7.63. The smallest absolute Gasteiger partial charge is 0.292 e. The van der Waals surface area contributed by atoms with Gasteiger partial charge in [-0.2, -0.15) is 5.26 Å². The fraction of sp³-hybridized carbons (Fsp3) is 0.111. The number of rotatable bonds is 7. The van der Waals surface area contributed by atoms with Gasteiger partial charge in [-0.25, -0.2) is 0 Å². The topological polar surface area (TPSA) is 127 Å². The molecule has 2 aromatic carbocycles. The monoisotopic (exact) mass is 368 g/mol. The van der Waals surface area contributed by atoms with Gasteiger partial charge in [0.15, 0.2) is 11.5 Å². The molecule has 9 nitrogen and oxygen atoms in total. The molecule has 2 aromatic rings. The van der Waals surface area contributed by atoms with E-state index in [0.717, 1.165) is 6.20 Å². The molecule has 0 fully saturated rings. The van der Waals surface area contributed by atoms with Crippen LogP contribution in [0.1, 0.15) is 0 Å². The number of nitrogens with one attached hydrogen (secondary N) is 2. The molecule has 0 heterocycles. The van der Waals surface area contributed by atoms with E-state index in [1.54, 1.807) is 30.3 Å². The van der Waals surface area contributed by atoms with Gasteiger partial charge in [-0.3, -0.25) is 14.9 Å². The van der Waals surface area contributed by atoms with E-state index in [9.17, 15) is 20.2 Å². The van der Waals surface area contributed by atoms with Gasteiger partial charge >= 0.3 is 0 Å². The van der Waals surface area contributed by atoms with Crippen molar-refractivity contribution in [1.82, 2.24) is 0 Å². The third-order valence-corrected chi connectivity index (χ3v) is 3.48. The van der Waals surface area contributed by atoms with Gasteiger partial charge in [0.2, 0.25) is 0 Å². The number of nitro benzene ring substituents is 1. The number of para-hydroxylation sites is 2. The Morgan fingerprint density at radius 1 is 1.19 bits per heavy atom. The van der Waals surface area contributed by atoms with Gasteiger partial charge in [-0.1, -0.05) is 12.1 Å². The Kier molecular flexibility index (Phi) is 6.33. The van der Waals surface area contributed by atoms with Crippen LogP contribution in [0.3, 0.4) is 0 Å². The van der Waals surface area contributed by atoms with E-state index in [1.165, 1.54) is 32.4 Å². The van der Waals surface area contributed by atoms with Crippen molar-refractivity contribution >= 4 is 23.0 Å². The number of hydrogen-bond acceptors (Lipinski definition) is 7. The van der Waals surface area contributed by atoms with Crippen LogP contribution in [0.5, 0.6) is 11.5 Å². The van der Waals surface area contributed by atoms with Crippen molar-refractivity contribution < 1.29 is 19.2 Å². The lowest BCUT2D eigenvalue weighted by Crippen LogP contribution is -2.14. The normalized spacial score (nSPS) is 10.5. The van der Waals surface area contributed by atoms with Crippen molar-refractivity contribution in [2.24, 2.45) is 0 Å². The number of anilines is 2. The highest BCUT2D eigenvalue weighted by molar-refractivity contribution is 6.06. The van der Waals surface area contributed by atoms with Crippen molar-refractivity contribution in [1.29, 1.82) is 5.26 Å². The predicted molar refractivity (Wildman–Crippen MR) is 98.6 cm³/mol. The van der Waals surface area contributed by atoms with Crippen LogP contribution in [0.4, 0.5) is 17.1 Å². The zero-order valence-corrected chi connectivity index (χ0v) is 14.6. The molecule has 27 heavy (non-hydrogen) atoms. The summed E-state index contributed by atoms with van der Waals surface area (Å²) in [6.45, 7) is 0. The molecule has 0 aliphatic rings. The van der Waals surface area contributed by atoms with Gasteiger partial charge in [0, 0.05) is 24.0 Å². The van der Waals surface area contributed by atoms with E-state index in [1.807, 2.05) is 0 Å². The number of amides is 1. The maximum Gasteiger partial charge on any atom is 0.292 e. The van der Waals surface area contributed by atoms with Gasteiger partial charge in [0.1, 0.15) is 17.3 Å². The average molecular weight is 368 g/mol. The molecule has 9 heteroatoms. The van der Waals surface area contributed by atoms with Gasteiger partial charge in [0.05, 0.1) is 19.1 Å². The molecule has 0 saturated carbocycles. The first kappa shape index (κ1) is 19.3. The molecule has 1 amide bonds. The molecule has 0 atom stereocenters. The molecule has 0 unspecified atom stereocenters. The minimum atomic E-state index is -0.684. The van der Waals surface area contributed by atoms with Crippen LogP contribution in [0.25, 0.3) is 0 Å². The summed E-state index contributed by atoms with van der Waals surface area (Å²) in [5.74, 6) is 0.219. The maximum atomic E-state index is 12.3. The molecule has 0 aromatic heterocycles. The zero-order chi connectivity index (χ0) is 19.8. The van der Waals surface area contributed by atoms with Crippen molar-refractivity contribution in [3.8, 4) is 17.6 Å². The van der Waals surface area contributed by atoms with E-state index in [4.69, 9.17) is 9.47 Å². The minimum Gasteiger partial charge on any atom is -0.493 e. The quantitative estimate of drug-likeness (QED) is 0.333. The summed E-state index contributed by atoms with van der Waals surface area (Å²) in [4.78, 5) is 22.7. The first-order valence-electron chi connectivity index (χ1n) is 7.63. The number of hydrogen-bond donors (Lipinski definition) is 2. The van der Waals surface area contributed by atoms with Crippen LogP contribution in [0, 0.1) is 21.4 Å². The highest BCUT2D eigenvalue weighted by Crippen LogP contribution is 2.30. The summed E-state index contributed by atoms with van der Waals surface area (Å²) >= 11 is 0. The fourth-order valence-corrected chi connectivity index (χ4v) is 2.17. The van der Waals surface area contributed by atoms with Crippen molar-refractivity contribution in [3.63, 3.8) is 0 Å². The summed E-state index contributed by atoms with van der Waals surface area (Å²) in [5, 5.41) is 25.4. The van der Waals surface area contributed by atoms with Crippen LogP contribution < -0.4 is 20.1 Å². The second-order valence-corrected chi connectivity index (χ2v) is 5.11. The minimum absolute atomic E-state index is 0.161. The number of carbonyl (C=O) groups excluding carboxylic acids is 1. The third-order valence-electron chi connectivity index (χ3n) is 3.48. The van der Waals surface area contributed by atoms with Crippen LogP contribution in [-0.2, 0) is 4.79 Å². The maximum absolute atomic E-state index is 12.3. The molecule has 0 bridgehead atoms. The molecule has 0 spiro atoms. The second-order valence-electron chi connectivity index (χ2n) is 5.11. The van der Waals surface area contributed by atoms with Gasteiger partial charge in [-0.15, -0.1) is 0 Å². The van der Waals surface area contributed by atoms with Gasteiger partial charge in [0.25, 0.3) is 11.6 Å². The first-order chi connectivity index (χ1) is 13.0. The highest BCUT2D eigenvalue weighted by atomic mass is 16.6. The van der Waals surface area contributed by atoms with Gasteiger partial charge < -0.3 is 20.1 Å². The largest absolute Gasteiger partial charge is 0.493 e. The number of methoxy groups -OCH3 is 2. The molecule has 0 saturated heterocycles. The fourth-order valence-electron chi connectivity index (χ4n) is 2.17. The van der Waals surface area contributed by atoms with E-state index >= 15 is 0 Å². The van der Waals surface area contributed by atoms with Crippen LogP contribution in [0.2, 0.25) is 0 Å². The van der Waals surface area contributed by atoms with Crippen LogP contribution >= 0.6 is 0 Å². The Bertz CT molecular complexity index is 934. The Morgan fingerprint density at radius 3 is 2.52 bits per heavy atom. The molecule has 0 aliphatic carbocycles. The number of benzene rings is 2. The molecule has 0 aliphatic heterocycles. The summed E-state index contributed by atoms with van der Waals surface area (Å²) in [6.07, 6.45) is 1.11. The molecule has 138 valence electrons. The summed E-state index contributed by atoms with van der Waals surface area (Å²) < 4.78 is 10.3. The standard InChI is InChI=1S/C18H16N4O5/c1-26-16-8-7-13(9-17(16)27-2)21-18(23)12(10-19)11-20-14-5-3-4-6-15(14)22(24)25/h3-9,11,20H,1-2H3,(H,21,23)/b12-11-. The van der Waals surface area contributed by atoms with E-state index in [-0.39, 0.29) is 16.9 Å². The number of carbonyl (C=O) groups is 1. The highest BCUT2D eigenvalue weighted by Gasteiger charge is 2.14. The third kappa shape index (κ3) is 4.73. The number of nitriles is 1. The Hall–Kier alpha value is -4.06. The Labute approximate surface area is 155 Å². The Balaban J connectivity index is 2.18. The number of nitro groups is 1. The zero-order valence-electron chi connectivity index (χ0n) is 14.6. The van der Waals surface area contributed by atoms with E-state index in [2.05, 4.69) is 10.6 Å². The summed E-state index contributed by atoms with van der Waals surface area (Å²) in [6, 6.07) is 12.4. The van der Waals surface area contributed by atoms with Crippen molar-refractivity contribution in [3.05, 3.63) is 64.4 Å². The lowest BCUT2D eigenvalue weighted by atomic mass is 10.2. The van der Waals surface area contributed by atoms with Crippen molar-refractivity contribution in [2.75, 3.05) is 24.9 Å². The molecule has 0 radical (unpaired) electrons. The van der Waals surface area contributed by atoms with E-state index < -0.39 is 10.8 Å². The van der Waals surface area contributed by atoms with Crippen LogP contribution in [-0.4, -0.2) is 25.1 Å². The summed E-state index contributed by atoms with van der Waals surface area (Å²) in [7, 11) is 2.95. The average Bonchev–Trinajstić information content (AvgIpc) is 2.68. The van der Waals surface area contributed by atoms with Crippen molar-refractivity contribution in [2.45, 2.75) is 0 Å². The number of nitrogens with zero attached hydrogens (tertiary/aromatic N) is 2. The van der Waals surface area contributed by atoms with Gasteiger partial charge in [-0.05, 0) is 18.2 Å². The molecular formula is C18H16N4O5. The molecule has 2 rings (SSSR count). The lowest BCUT2D eigenvalue weighted by molar-refractivity contribution is -0.383. The molecular weight excluding hydrogens is 352 g/mol. The summed E-state index contributed by atoms with van der Waals surface area (Å²) in [5.41, 5.74) is 0.118. The number of ether oxygens (including phenoxy) is 2.